The lowest BCUT2D eigenvalue weighted by Crippen LogP contribution is -2.45. The molecule has 1 aromatic rings. The Hall–Kier alpha value is -0.680. The van der Waals surface area contributed by atoms with E-state index in [2.05, 4.69) is 56.9 Å². The van der Waals surface area contributed by atoms with Gasteiger partial charge in [-0.3, -0.25) is 0 Å². The Morgan fingerprint density at radius 1 is 1.50 bits per heavy atom. The van der Waals surface area contributed by atoms with E-state index in [0.717, 1.165) is 23.4 Å². The number of halogens is 1. The summed E-state index contributed by atoms with van der Waals surface area (Å²) in [5, 5.41) is 3.58. The number of anilines is 1. The van der Waals surface area contributed by atoms with Gasteiger partial charge in [0.15, 0.2) is 0 Å². The fourth-order valence-corrected chi connectivity index (χ4v) is 2.72. The van der Waals surface area contributed by atoms with Crippen molar-refractivity contribution in [2.24, 2.45) is 0 Å². The highest BCUT2D eigenvalue weighted by Crippen LogP contribution is 2.29. The maximum atomic E-state index is 4.40. The highest BCUT2D eigenvalue weighted by Gasteiger charge is 2.27. The van der Waals surface area contributed by atoms with Gasteiger partial charge in [-0.1, -0.05) is 0 Å². The quantitative estimate of drug-likeness (QED) is 0.931. The van der Waals surface area contributed by atoms with E-state index in [9.17, 15) is 0 Å². The van der Waals surface area contributed by atoms with Crippen LogP contribution in [0.4, 0.5) is 5.82 Å². The van der Waals surface area contributed by atoms with Crippen molar-refractivity contribution in [1.29, 1.82) is 0 Å². The van der Waals surface area contributed by atoms with E-state index in [1.54, 1.807) is 6.33 Å². The van der Waals surface area contributed by atoms with Crippen molar-refractivity contribution < 1.29 is 0 Å². The molecule has 5 heteroatoms. The minimum atomic E-state index is 0.164. The highest BCUT2D eigenvalue weighted by atomic mass is 79.9. The van der Waals surface area contributed by atoms with E-state index in [1.165, 1.54) is 12.8 Å². The summed E-state index contributed by atoms with van der Waals surface area (Å²) < 4.78 is 0.979. The number of hydrogen-bond acceptors (Lipinski definition) is 4. The van der Waals surface area contributed by atoms with Gasteiger partial charge in [0.1, 0.15) is 12.1 Å². The van der Waals surface area contributed by atoms with Gasteiger partial charge in [0.05, 0.1) is 4.47 Å². The van der Waals surface area contributed by atoms with Crippen LogP contribution < -0.4 is 10.2 Å². The van der Waals surface area contributed by atoms with Crippen LogP contribution in [0.3, 0.4) is 0 Å². The van der Waals surface area contributed by atoms with Crippen LogP contribution >= 0.6 is 15.9 Å². The Morgan fingerprint density at radius 3 is 2.94 bits per heavy atom. The first-order chi connectivity index (χ1) is 8.47. The molecule has 1 fully saturated rings. The molecular formula is C13H21BrN4. The van der Waals surface area contributed by atoms with Crippen LogP contribution in [0.2, 0.25) is 0 Å². The summed E-state index contributed by atoms with van der Waals surface area (Å²) in [7, 11) is 0. The van der Waals surface area contributed by atoms with Crippen LogP contribution in [0.5, 0.6) is 0 Å². The Morgan fingerprint density at radius 2 is 2.28 bits per heavy atom. The van der Waals surface area contributed by atoms with Gasteiger partial charge in [-0.25, -0.2) is 9.97 Å². The van der Waals surface area contributed by atoms with Crippen molar-refractivity contribution in [3.05, 3.63) is 17.0 Å². The number of aromatic nitrogens is 2. The van der Waals surface area contributed by atoms with E-state index in [0.29, 0.717) is 6.04 Å². The van der Waals surface area contributed by atoms with Crippen molar-refractivity contribution in [1.82, 2.24) is 15.3 Å². The predicted octanol–water partition coefficient (Wildman–Crippen LogP) is 2.60. The van der Waals surface area contributed by atoms with E-state index < -0.39 is 0 Å². The van der Waals surface area contributed by atoms with Gasteiger partial charge in [0, 0.05) is 30.9 Å². The molecule has 1 aliphatic rings. The highest BCUT2D eigenvalue weighted by molar-refractivity contribution is 9.10. The van der Waals surface area contributed by atoms with E-state index in [-0.39, 0.29) is 5.54 Å². The van der Waals surface area contributed by atoms with Gasteiger partial charge in [-0.05, 0) is 49.5 Å². The molecule has 100 valence electrons. The SMILES string of the molecule is CC(C)(C)NCC1CCCN1c1ncncc1Br. The summed E-state index contributed by atoms with van der Waals surface area (Å²) in [5.74, 6) is 1.02. The number of rotatable bonds is 3. The second-order valence-electron chi connectivity index (χ2n) is 5.81. The zero-order chi connectivity index (χ0) is 13.2. The van der Waals surface area contributed by atoms with Gasteiger partial charge >= 0.3 is 0 Å². The summed E-state index contributed by atoms with van der Waals surface area (Å²) in [6.45, 7) is 8.68. The average molecular weight is 313 g/mol. The van der Waals surface area contributed by atoms with Crippen molar-refractivity contribution in [2.75, 3.05) is 18.0 Å². The summed E-state index contributed by atoms with van der Waals surface area (Å²) in [4.78, 5) is 10.8. The fraction of sp³-hybridized carbons (Fsp3) is 0.692. The van der Waals surface area contributed by atoms with Gasteiger partial charge in [0.2, 0.25) is 0 Å². The standard InChI is InChI=1S/C13H21BrN4/c1-13(2,3)17-7-10-5-4-6-18(10)12-11(14)8-15-9-16-12/h8-10,17H,4-7H2,1-3H3. The van der Waals surface area contributed by atoms with Gasteiger partial charge in [-0.2, -0.15) is 0 Å². The molecule has 18 heavy (non-hydrogen) atoms. The second kappa shape index (κ2) is 5.53. The van der Waals surface area contributed by atoms with Crippen molar-refractivity contribution in [2.45, 2.75) is 45.2 Å². The molecule has 0 amide bonds. The molecule has 1 N–H and O–H groups in total. The lowest BCUT2D eigenvalue weighted by Gasteiger charge is -2.30. The lowest BCUT2D eigenvalue weighted by atomic mass is 10.1. The third-order valence-electron chi connectivity index (χ3n) is 3.17. The molecular weight excluding hydrogens is 292 g/mol. The van der Waals surface area contributed by atoms with Gasteiger partial charge < -0.3 is 10.2 Å². The Balaban J connectivity index is 2.06. The maximum absolute atomic E-state index is 4.40. The van der Waals surface area contributed by atoms with Crippen molar-refractivity contribution in [3.8, 4) is 0 Å². The van der Waals surface area contributed by atoms with E-state index in [1.807, 2.05) is 6.20 Å². The zero-order valence-electron chi connectivity index (χ0n) is 11.3. The molecule has 1 aliphatic heterocycles. The average Bonchev–Trinajstić information content (AvgIpc) is 2.74. The molecule has 0 aliphatic carbocycles. The van der Waals surface area contributed by atoms with Crippen LogP contribution in [-0.4, -0.2) is 34.6 Å². The van der Waals surface area contributed by atoms with Crippen molar-refractivity contribution in [3.63, 3.8) is 0 Å². The summed E-state index contributed by atoms with van der Waals surface area (Å²) >= 11 is 3.54. The zero-order valence-corrected chi connectivity index (χ0v) is 12.9. The number of hydrogen-bond donors (Lipinski definition) is 1. The largest absolute Gasteiger partial charge is 0.351 e. The second-order valence-corrected chi connectivity index (χ2v) is 6.67. The molecule has 4 nitrogen and oxygen atoms in total. The van der Waals surface area contributed by atoms with Gasteiger partial charge in [0.25, 0.3) is 0 Å². The lowest BCUT2D eigenvalue weighted by molar-refractivity contribution is 0.404. The monoisotopic (exact) mass is 312 g/mol. The summed E-state index contributed by atoms with van der Waals surface area (Å²) in [6, 6.07) is 0.524. The third-order valence-corrected chi connectivity index (χ3v) is 3.72. The minimum absolute atomic E-state index is 0.164. The molecule has 0 aromatic carbocycles. The third kappa shape index (κ3) is 3.42. The Labute approximate surface area is 117 Å². The van der Waals surface area contributed by atoms with E-state index >= 15 is 0 Å². The van der Waals surface area contributed by atoms with Crippen LogP contribution in [0.25, 0.3) is 0 Å². The minimum Gasteiger partial charge on any atom is -0.351 e. The Kier molecular flexibility index (Phi) is 4.22. The van der Waals surface area contributed by atoms with Crippen molar-refractivity contribution >= 4 is 21.7 Å². The molecule has 2 rings (SSSR count). The van der Waals surface area contributed by atoms with Crippen LogP contribution in [0, 0.1) is 0 Å². The molecule has 1 aromatic heterocycles. The number of nitrogens with zero attached hydrogens (tertiary/aromatic N) is 3. The molecule has 1 unspecified atom stereocenters. The van der Waals surface area contributed by atoms with Gasteiger partial charge in [-0.15, -0.1) is 0 Å². The normalized spacial score (nSPS) is 20.4. The predicted molar refractivity (Wildman–Crippen MR) is 77.9 cm³/mol. The summed E-state index contributed by atoms with van der Waals surface area (Å²) in [5.41, 5.74) is 0.164. The maximum Gasteiger partial charge on any atom is 0.146 e. The first-order valence-corrected chi connectivity index (χ1v) is 7.24. The first-order valence-electron chi connectivity index (χ1n) is 6.44. The first kappa shape index (κ1) is 13.7. The Bertz CT molecular complexity index is 402. The molecule has 1 saturated heterocycles. The van der Waals surface area contributed by atoms with E-state index in [4.69, 9.17) is 0 Å². The molecule has 2 heterocycles. The molecule has 0 spiro atoms. The summed E-state index contributed by atoms with van der Waals surface area (Å²) in [6.07, 6.45) is 5.88. The molecule has 1 atom stereocenters. The topological polar surface area (TPSA) is 41.0 Å². The molecule has 0 radical (unpaired) electrons. The van der Waals surface area contributed by atoms with Crippen LogP contribution in [0.15, 0.2) is 17.0 Å². The van der Waals surface area contributed by atoms with Crippen LogP contribution in [-0.2, 0) is 0 Å². The fourth-order valence-electron chi connectivity index (χ4n) is 2.27. The van der Waals surface area contributed by atoms with Crippen LogP contribution in [0.1, 0.15) is 33.6 Å². The number of nitrogens with one attached hydrogen (secondary N) is 1. The molecule has 0 bridgehead atoms. The smallest absolute Gasteiger partial charge is 0.146 e. The molecule has 0 saturated carbocycles.